The van der Waals surface area contributed by atoms with Crippen LogP contribution < -0.4 is 14.5 Å². The second kappa shape index (κ2) is 14.4. The molecule has 6 aromatic carbocycles. The summed E-state index contributed by atoms with van der Waals surface area (Å²) < 4.78 is 11.0. The summed E-state index contributed by atoms with van der Waals surface area (Å²) >= 11 is 0. The van der Waals surface area contributed by atoms with Gasteiger partial charge in [-0.3, -0.25) is 4.57 Å². The second-order valence-electron chi connectivity index (χ2n) is 16.9. The van der Waals surface area contributed by atoms with Crippen molar-refractivity contribution in [1.29, 1.82) is 0 Å². The molecule has 1 aliphatic heterocycles. The van der Waals surface area contributed by atoms with Crippen molar-refractivity contribution in [2.75, 3.05) is 9.80 Å². The minimum Gasteiger partial charge on any atom is -0.509 e. The van der Waals surface area contributed by atoms with Gasteiger partial charge in [0.15, 0.2) is 0 Å². The van der Waals surface area contributed by atoms with Crippen LogP contribution >= 0.6 is 0 Å². The second-order valence-corrected chi connectivity index (χ2v) is 16.9. The zero-order chi connectivity index (χ0) is 38.9. The number of hydrogen-bond donors (Lipinski definition) is 0. The van der Waals surface area contributed by atoms with Crippen LogP contribution in [0.1, 0.15) is 63.8 Å². The van der Waals surface area contributed by atoms with Gasteiger partial charge in [0.1, 0.15) is 0 Å². The maximum absolute atomic E-state index is 6.60. The molecule has 0 bridgehead atoms. The van der Waals surface area contributed by atoms with Crippen LogP contribution in [0.4, 0.5) is 22.7 Å². The van der Waals surface area contributed by atoms with Crippen LogP contribution in [0.2, 0.25) is 0 Å². The van der Waals surface area contributed by atoms with Crippen molar-refractivity contribution in [3.8, 4) is 23.1 Å². The Morgan fingerprint density at radius 3 is 2.04 bits per heavy atom. The summed E-state index contributed by atoms with van der Waals surface area (Å²) in [5, 5.41) is 2.21. The molecule has 1 aliphatic rings. The van der Waals surface area contributed by atoms with Crippen molar-refractivity contribution >= 4 is 44.6 Å². The number of fused-ring (bicyclic) bond motifs is 4. The summed E-state index contributed by atoms with van der Waals surface area (Å²) in [6.45, 7) is 20.0. The van der Waals surface area contributed by atoms with E-state index in [4.69, 9.17) is 9.72 Å². The van der Waals surface area contributed by atoms with Gasteiger partial charge in [-0.05, 0) is 82.6 Å². The molecule has 57 heavy (non-hydrogen) atoms. The molecule has 2 aromatic heterocycles. The monoisotopic (exact) mass is 927 g/mol. The number of anilines is 4. The van der Waals surface area contributed by atoms with Gasteiger partial charge in [-0.2, -0.15) is 12.1 Å². The molecule has 0 amide bonds. The van der Waals surface area contributed by atoms with E-state index in [2.05, 4.69) is 196 Å². The minimum absolute atomic E-state index is 0. The van der Waals surface area contributed by atoms with Crippen LogP contribution in [0.3, 0.4) is 0 Å². The fourth-order valence-corrected chi connectivity index (χ4v) is 7.93. The SMILES string of the molecule is Cc1cc(C(C)(C)C)cc(C)c1-n1ccnc1-n1c2[c-]c(Oc3[c-]c(N4[CH-]N(c5cccc(C(C)(C)C)c5)c5ccccc54)ccc3)ccc2c2ccccc21.[Pt]. The van der Waals surface area contributed by atoms with Crippen molar-refractivity contribution in [1.82, 2.24) is 14.1 Å². The Morgan fingerprint density at radius 2 is 1.30 bits per heavy atom. The molecule has 290 valence electrons. The zero-order valence-electron chi connectivity index (χ0n) is 33.7. The van der Waals surface area contributed by atoms with Gasteiger partial charge in [0, 0.05) is 67.5 Å². The van der Waals surface area contributed by atoms with Crippen molar-refractivity contribution in [3.63, 3.8) is 0 Å². The van der Waals surface area contributed by atoms with E-state index in [1.807, 2.05) is 24.4 Å². The quantitative estimate of drug-likeness (QED) is 0.156. The van der Waals surface area contributed by atoms with Gasteiger partial charge >= 0.3 is 0 Å². The summed E-state index contributed by atoms with van der Waals surface area (Å²) in [5.74, 6) is 2.00. The summed E-state index contributed by atoms with van der Waals surface area (Å²) in [4.78, 5) is 9.39. The predicted octanol–water partition coefficient (Wildman–Crippen LogP) is 13.0. The van der Waals surface area contributed by atoms with Gasteiger partial charge in [-0.1, -0.05) is 102 Å². The molecule has 0 fully saturated rings. The third-order valence-electron chi connectivity index (χ3n) is 10.8. The van der Waals surface area contributed by atoms with Crippen LogP contribution in [-0.4, -0.2) is 14.1 Å². The first kappa shape index (κ1) is 38.3. The number of aromatic nitrogens is 3. The molecule has 0 N–H and O–H groups in total. The molecular formula is C50H46N5OPt-3. The molecule has 3 heterocycles. The smallest absolute Gasteiger partial charge is 0.217 e. The first-order chi connectivity index (χ1) is 26.8. The Bertz CT molecular complexity index is 2760. The Hall–Kier alpha value is -5.58. The van der Waals surface area contributed by atoms with Crippen LogP contribution in [0.15, 0.2) is 128 Å². The predicted molar refractivity (Wildman–Crippen MR) is 230 cm³/mol. The van der Waals surface area contributed by atoms with E-state index < -0.39 is 0 Å². The van der Waals surface area contributed by atoms with Crippen molar-refractivity contribution in [2.45, 2.75) is 66.2 Å². The van der Waals surface area contributed by atoms with E-state index in [9.17, 15) is 0 Å². The van der Waals surface area contributed by atoms with E-state index in [1.165, 1.54) is 22.3 Å². The Kier molecular flexibility index (Phi) is 9.69. The third kappa shape index (κ3) is 6.84. The van der Waals surface area contributed by atoms with E-state index in [0.717, 1.165) is 56.2 Å². The molecule has 0 spiro atoms. The summed E-state index contributed by atoms with van der Waals surface area (Å²) in [6, 6.07) is 47.7. The summed E-state index contributed by atoms with van der Waals surface area (Å²) in [7, 11) is 0. The first-order valence-electron chi connectivity index (χ1n) is 19.3. The maximum atomic E-state index is 6.60. The Morgan fingerprint density at radius 1 is 0.632 bits per heavy atom. The summed E-state index contributed by atoms with van der Waals surface area (Å²) in [6.07, 6.45) is 3.93. The van der Waals surface area contributed by atoms with Crippen molar-refractivity contribution < 1.29 is 25.8 Å². The number of imidazole rings is 1. The number of ether oxygens (including phenoxy) is 1. The molecule has 0 saturated heterocycles. The van der Waals surface area contributed by atoms with Crippen LogP contribution in [0.5, 0.6) is 11.5 Å². The molecule has 0 atom stereocenters. The largest absolute Gasteiger partial charge is 0.509 e. The molecule has 7 heteroatoms. The average molecular weight is 928 g/mol. The number of nitrogens with zero attached hydrogens (tertiary/aromatic N) is 5. The number of hydrogen-bond acceptors (Lipinski definition) is 4. The molecule has 6 nitrogen and oxygen atoms in total. The molecular weight excluding hydrogens is 882 g/mol. The molecule has 0 unspecified atom stereocenters. The zero-order valence-corrected chi connectivity index (χ0v) is 35.9. The van der Waals surface area contributed by atoms with Crippen LogP contribution in [-0.2, 0) is 31.9 Å². The molecule has 8 aromatic rings. The first-order valence-corrected chi connectivity index (χ1v) is 19.3. The van der Waals surface area contributed by atoms with E-state index in [0.29, 0.717) is 11.5 Å². The number of benzene rings is 6. The van der Waals surface area contributed by atoms with Gasteiger partial charge in [0.25, 0.3) is 0 Å². The number of para-hydroxylation sites is 3. The van der Waals surface area contributed by atoms with Crippen LogP contribution in [0.25, 0.3) is 33.4 Å². The molecule has 9 rings (SSSR count). The van der Waals surface area contributed by atoms with Crippen molar-refractivity contribution in [2.24, 2.45) is 0 Å². The molecule has 0 saturated carbocycles. The van der Waals surface area contributed by atoms with Crippen LogP contribution in [0, 0.1) is 32.6 Å². The summed E-state index contributed by atoms with van der Waals surface area (Å²) in [5.41, 5.74) is 12.4. The Balaban J connectivity index is 0.00000455. The maximum Gasteiger partial charge on any atom is 0.217 e. The molecule has 0 aliphatic carbocycles. The van der Waals surface area contributed by atoms with Gasteiger partial charge in [-0.25, -0.2) is 4.98 Å². The van der Waals surface area contributed by atoms with Crippen molar-refractivity contribution in [3.05, 3.63) is 169 Å². The number of rotatable bonds is 6. The van der Waals surface area contributed by atoms with Gasteiger partial charge in [-0.15, -0.1) is 48.1 Å². The number of aryl methyl sites for hydroxylation is 2. The minimum atomic E-state index is 0. The van der Waals surface area contributed by atoms with E-state index in [-0.39, 0.29) is 31.9 Å². The normalized spacial score (nSPS) is 13.0. The van der Waals surface area contributed by atoms with E-state index >= 15 is 0 Å². The standard InChI is InChI=1S/C50H46N5O.Pt/c1-33-27-36(50(6,7)8)28-34(2)47(33)52-26-25-51-48(52)55-43-20-10-9-19-41(43)42-24-23-40(31-46(42)55)56-39-18-14-17-38(30-39)54-32-53(44-21-11-12-22-45(44)54)37-16-13-15-35(29-37)49(3,4)5;/h9-29,32H,1-8H3;/q-3;. The Labute approximate surface area is 350 Å². The topological polar surface area (TPSA) is 38.5 Å². The van der Waals surface area contributed by atoms with Gasteiger partial charge in [0.05, 0.1) is 5.69 Å². The fraction of sp³-hybridized carbons (Fsp3) is 0.200. The van der Waals surface area contributed by atoms with E-state index in [1.54, 1.807) is 0 Å². The third-order valence-corrected chi connectivity index (χ3v) is 10.8. The average Bonchev–Trinajstić information content (AvgIpc) is 3.88. The fourth-order valence-electron chi connectivity index (χ4n) is 7.93. The van der Waals surface area contributed by atoms with Gasteiger partial charge in [0.2, 0.25) is 5.95 Å². The van der Waals surface area contributed by atoms with Gasteiger partial charge < -0.3 is 19.1 Å². The molecule has 0 radical (unpaired) electrons.